The predicted molar refractivity (Wildman–Crippen MR) is 187 cm³/mol. The molecule has 0 saturated heterocycles. The first-order valence-electron chi connectivity index (χ1n) is 15.6. The van der Waals surface area contributed by atoms with E-state index in [1.165, 1.54) is 10.9 Å². The fourth-order valence-corrected chi connectivity index (χ4v) is 6.45. The van der Waals surface area contributed by atoms with Crippen molar-refractivity contribution in [1.82, 2.24) is 0 Å². The van der Waals surface area contributed by atoms with Gasteiger partial charge in [-0.25, -0.2) is 0 Å². The second kappa shape index (κ2) is 12.1. The highest BCUT2D eigenvalue weighted by atomic mass is 31.2. The van der Waals surface area contributed by atoms with Crippen molar-refractivity contribution in [2.24, 2.45) is 0 Å². The van der Waals surface area contributed by atoms with Crippen molar-refractivity contribution in [3.05, 3.63) is 126 Å². The molecule has 0 unspecified atom stereocenters. The lowest BCUT2D eigenvalue weighted by Crippen LogP contribution is -2.18. The molecule has 6 rings (SSSR count). The largest absolute Gasteiger partial charge is 0.530 e. The van der Waals surface area contributed by atoms with Gasteiger partial charge in [0.2, 0.25) is 0 Å². The molecule has 0 spiro atoms. The van der Waals surface area contributed by atoms with Gasteiger partial charge in [0.1, 0.15) is 17.2 Å². The van der Waals surface area contributed by atoms with Gasteiger partial charge >= 0.3 is 8.60 Å². The van der Waals surface area contributed by atoms with Gasteiger partial charge in [-0.15, -0.1) is 0 Å². The molecule has 0 aliphatic rings. The summed E-state index contributed by atoms with van der Waals surface area (Å²) in [7, 11) is -1.85. The first-order valence-corrected chi connectivity index (χ1v) is 16.7. The summed E-state index contributed by atoms with van der Waals surface area (Å²) < 4.78 is 19.9. The SMILES string of the molecule is CCC(C)(C)c1ccc2cc(OP(Oc3ccc4ccccc4c3)Oc3ccc4ccccc4c3)c(C(C)(C)CC)cc2c1. The first kappa shape index (κ1) is 30.0. The first-order chi connectivity index (χ1) is 21.1. The molecule has 4 heteroatoms. The van der Waals surface area contributed by atoms with Crippen LogP contribution in [0.4, 0.5) is 0 Å². The average Bonchev–Trinajstić information content (AvgIpc) is 3.04. The van der Waals surface area contributed by atoms with Crippen LogP contribution in [0.15, 0.2) is 115 Å². The number of rotatable bonds is 10. The number of hydrogen-bond donors (Lipinski definition) is 0. The Labute approximate surface area is 262 Å². The van der Waals surface area contributed by atoms with E-state index in [4.69, 9.17) is 13.6 Å². The van der Waals surface area contributed by atoms with Gasteiger partial charge in [-0.2, -0.15) is 0 Å². The third-order valence-electron chi connectivity index (χ3n) is 9.19. The van der Waals surface area contributed by atoms with E-state index in [0.29, 0.717) is 11.5 Å². The van der Waals surface area contributed by atoms with Gasteiger partial charge in [-0.05, 0) is 98.0 Å². The molecule has 44 heavy (non-hydrogen) atoms. The lowest BCUT2D eigenvalue weighted by Gasteiger charge is -2.28. The summed E-state index contributed by atoms with van der Waals surface area (Å²) in [6.07, 6.45) is 2.04. The lowest BCUT2D eigenvalue weighted by atomic mass is 9.79. The van der Waals surface area contributed by atoms with Crippen LogP contribution >= 0.6 is 8.60 Å². The van der Waals surface area contributed by atoms with Gasteiger partial charge in [0.15, 0.2) is 0 Å². The minimum atomic E-state index is -1.85. The van der Waals surface area contributed by atoms with Crippen LogP contribution in [0, 0.1) is 0 Å². The van der Waals surface area contributed by atoms with Gasteiger partial charge in [0, 0.05) is 5.56 Å². The zero-order valence-corrected chi connectivity index (χ0v) is 27.5. The van der Waals surface area contributed by atoms with Gasteiger partial charge in [0.25, 0.3) is 0 Å². The molecule has 0 aliphatic carbocycles. The maximum atomic E-state index is 6.81. The number of hydrogen-bond acceptors (Lipinski definition) is 3. The van der Waals surface area contributed by atoms with Crippen molar-refractivity contribution in [3.63, 3.8) is 0 Å². The molecular weight excluding hydrogens is 559 g/mol. The van der Waals surface area contributed by atoms with E-state index in [1.807, 2.05) is 48.5 Å². The van der Waals surface area contributed by atoms with Crippen molar-refractivity contribution in [1.29, 1.82) is 0 Å². The Hall–Kier alpha value is -4.07. The lowest BCUT2D eigenvalue weighted by molar-refractivity contribution is 0.380. The topological polar surface area (TPSA) is 27.7 Å². The molecular formula is C40H41O3P. The zero-order chi connectivity index (χ0) is 30.9. The molecule has 0 heterocycles. The van der Waals surface area contributed by atoms with E-state index >= 15 is 0 Å². The van der Waals surface area contributed by atoms with Crippen molar-refractivity contribution in [3.8, 4) is 17.2 Å². The standard InChI is InChI=1S/C40H41O3P/c1-7-39(3,4)34-20-17-32-27-38(37(26-33(32)23-34)40(5,6)8-2)43-44(41-35-21-18-28-13-9-11-15-30(28)24-35)42-36-22-19-29-14-10-12-16-31(29)25-36/h9-27H,7-8H2,1-6H3. The van der Waals surface area contributed by atoms with Gasteiger partial charge in [0.05, 0.1) is 0 Å². The third kappa shape index (κ3) is 6.26. The molecule has 3 nitrogen and oxygen atoms in total. The summed E-state index contributed by atoms with van der Waals surface area (Å²) in [5, 5.41) is 6.89. The van der Waals surface area contributed by atoms with Crippen LogP contribution in [0.1, 0.15) is 65.5 Å². The predicted octanol–water partition coefficient (Wildman–Crippen LogP) is 12.3. The van der Waals surface area contributed by atoms with E-state index in [-0.39, 0.29) is 10.8 Å². The molecule has 0 radical (unpaired) electrons. The highest BCUT2D eigenvalue weighted by Crippen LogP contribution is 2.47. The smallest absolute Gasteiger partial charge is 0.408 e. The maximum absolute atomic E-state index is 6.81. The van der Waals surface area contributed by atoms with Crippen LogP contribution in [0.25, 0.3) is 32.3 Å². The van der Waals surface area contributed by atoms with Crippen LogP contribution in [0.3, 0.4) is 0 Å². The van der Waals surface area contributed by atoms with Gasteiger partial charge < -0.3 is 13.6 Å². The Morgan fingerprint density at radius 3 is 1.52 bits per heavy atom. The van der Waals surface area contributed by atoms with E-state index in [9.17, 15) is 0 Å². The van der Waals surface area contributed by atoms with Crippen LogP contribution in [-0.4, -0.2) is 0 Å². The minimum Gasteiger partial charge on any atom is -0.408 e. The van der Waals surface area contributed by atoms with E-state index in [2.05, 4.69) is 108 Å². The molecule has 6 aromatic carbocycles. The molecule has 0 bridgehead atoms. The molecule has 0 aromatic heterocycles. The average molecular weight is 601 g/mol. The zero-order valence-electron chi connectivity index (χ0n) is 26.6. The van der Waals surface area contributed by atoms with Crippen molar-refractivity contribution in [2.75, 3.05) is 0 Å². The monoisotopic (exact) mass is 600 g/mol. The molecule has 0 atom stereocenters. The fourth-order valence-electron chi connectivity index (χ4n) is 5.45. The minimum absolute atomic E-state index is 0.111. The second-order valence-electron chi connectivity index (χ2n) is 12.9. The van der Waals surface area contributed by atoms with Gasteiger partial charge in [-0.3, -0.25) is 0 Å². The molecule has 0 amide bonds. The maximum Gasteiger partial charge on any atom is 0.530 e. The summed E-state index contributed by atoms with van der Waals surface area (Å²) in [5.41, 5.74) is 2.49. The Morgan fingerprint density at radius 2 is 0.977 bits per heavy atom. The molecule has 0 fully saturated rings. The molecule has 224 valence electrons. The van der Waals surface area contributed by atoms with Crippen LogP contribution in [0.5, 0.6) is 17.2 Å². The van der Waals surface area contributed by atoms with E-state index in [1.54, 1.807) is 0 Å². The summed E-state index contributed by atoms with van der Waals surface area (Å²) in [5.74, 6) is 2.21. The molecule has 0 saturated carbocycles. The molecule has 0 N–H and O–H groups in total. The van der Waals surface area contributed by atoms with E-state index in [0.717, 1.165) is 51.1 Å². The number of benzene rings is 6. The molecule has 0 aliphatic heterocycles. The Morgan fingerprint density at radius 1 is 0.477 bits per heavy atom. The Kier molecular flexibility index (Phi) is 8.27. The van der Waals surface area contributed by atoms with Crippen molar-refractivity contribution >= 4 is 40.9 Å². The highest BCUT2D eigenvalue weighted by Gasteiger charge is 2.29. The van der Waals surface area contributed by atoms with Crippen molar-refractivity contribution in [2.45, 2.75) is 65.2 Å². The number of fused-ring (bicyclic) bond motifs is 3. The summed E-state index contributed by atoms with van der Waals surface area (Å²) in [4.78, 5) is 0. The van der Waals surface area contributed by atoms with Crippen LogP contribution in [-0.2, 0) is 10.8 Å². The van der Waals surface area contributed by atoms with Crippen LogP contribution in [0.2, 0.25) is 0 Å². The summed E-state index contributed by atoms with van der Waals surface area (Å²) in [6, 6.07) is 40.1. The van der Waals surface area contributed by atoms with Crippen LogP contribution < -0.4 is 13.6 Å². The van der Waals surface area contributed by atoms with Gasteiger partial charge in [-0.1, -0.05) is 120 Å². The normalized spacial score (nSPS) is 12.2. The third-order valence-corrected chi connectivity index (χ3v) is 10.3. The highest BCUT2D eigenvalue weighted by molar-refractivity contribution is 7.43. The quantitative estimate of drug-likeness (QED) is 0.146. The molecule has 6 aromatic rings. The van der Waals surface area contributed by atoms with E-state index < -0.39 is 8.60 Å². The Bertz CT molecular complexity index is 1860. The second-order valence-corrected chi connectivity index (χ2v) is 13.9. The van der Waals surface area contributed by atoms with Crippen molar-refractivity contribution < 1.29 is 13.6 Å². The summed E-state index contributed by atoms with van der Waals surface area (Å²) >= 11 is 0. The Balaban J connectivity index is 1.42. The fraction of sp³-hybridized carbons (Fsp3) is 0.250. The summed E-state index contributed by atoms with van der Waals surface area (Å²) in [6.45, 7) is 13.6.